The van der Waals surface area contributed by atoms with E-state index in [4.69, 9.17) is 0 Å². The number of rotatable bonds is 5. The Kier molecular flexibility index (Phi) is 3.97. The number of hydrogen-bond donors (Lipinski definition) is 2. The van der Waals surface area contributed by atoms with E-state index in [1.807, 2.05) is 0 Å². The van der Waals surface area contributed by atoms with Gasteiger partial charge in [0.15, 0.2) is 0 Å². The lowest BCUT2D eigenvalue weighted by Crippen LogP contribution is -2.52. The van der Waals surface area contributed by atoms with Crippen molar-refractivity contribution in [1.29, 1.82) is 0 Å². The first-order chi connectivity index (χ1) is 8.63. The highest BCUT2D eigenvalue weighted by atomic mass is 19.1. The Labute approximate surface area is 107 Å². The molecule has 1 aliphatic rings. The fraction of sp³-hybridized carbons (Fsp3) is 0.500. The van der Waals surface area contributed by atoms with E-state index in [2.05, 4.69) is 17.6 Å². The molecular weight excluding hydrogens is 231 g/mol. The van der Waals surface area contributed by atoms with Gasteiger partial charge in [0.25, 0.3) is 0 Å². The molecule has 0 spiro atoms. The molecule has 0 radical (unpaired) electrons. The first kappa shape index (κ1) is 13.0. The van der Waals surface area contributed by atoms with Crippen LogP contribution in [0.5, 0.6) is 0 Å². The zero-order chi connectivity index (χ0) is 13.0. The number of nitrogens with one attached hydrogen (secondary N) is 2. The summed E-state index contributed by atoms with van der Waals surface area (Å²) in [6.45, 7) is 2.42. The molecule has 2 rings (SSSR count). The van der Waals surface area contributed by atoms with Crippen molar-refractivity contribution in [3.8, 4) is 0 Å². The van der Waals surface area contributed by atoms with Crippen LogP contribution in [0.15, 0.2) is 24.3 Å². The van der Waals surface area contributed by atoms with Crippen LogP contribution in [0.1, 0.15) is 32.6 Å². The molecule has 0 saturated heterocycles. The number of amides is 1. The Balaban J connectivity index is 1.82. The minimum Gasteiger partial charge on any atom is -0.325 e. The fourth-order valence-electron chi connectivity index (χ4n) is 2.30. The molecule has 98 valence electrons. The van der Waals surface area contributed by atoms with Crippen LogP contribution in [-0.4, -0.2) is 18.0 Å². The summed E-state index contributed by atoms with van der Waals surface area (Å²) in [5.41, 5.74) is 0.653. The van der Waals surface area contributed by atoms with Crippen molar-refractivity contribution in [3.63, 3.8) is 0 Å². The highest BCUT2D eigenvalue weighted by molar-refractivity contribution is 5.92. The number of carbonyl (C=O) groups is 1. The van der Waals surface area contributed by atoms with Gasteiger partial charge < -0.3 is 10.6 Å². The molecule has 2 N–H and O–H groups in total. The molecule has 0 aliphatic heterocycles. The van der Waals surface area contributed by atoms with Gasteiger partial charge in [-0.25, -0.2) is 4.39 Å². The molecule has 1 fully saturated rings. The molecule has 0 unspecified atom stereocenters. The largest absolute Gasteiger partial charge is 0.325 e. The van der Waals surface area contributed by atoms with E-state index in [-0.39, 0.29) is 23.8 Å². The van der Waals surface area contributed by atoms with E-state index >= 15 is 0 Å². The van der Waals surface area contributed by atoms with Gasteiger partial charge in [0.05, 0.1) is 6.54 Å². The Morgan fingerprint density at radius 2 is 2.22 bits per heavy atom. The van der Waals surface area contributed by atoms with Gasteiger partial charge in [-0.05, 0) is 43.9 Å². The van der Waals surface area contributed by atoms with Gasteiger partial charge in [-0.3, -0.25) is 4.79 Å². The number of carbonyl (C=O) groups excluding carboxylic acids is 1. The Bertz CT molecular complexity index is 424. The summed E-state index contributed by atoms with van der Waals surface area (Å²) in [5, 5.41) is 6.00. The lowest BCUT2D eigenvalue weighted by Gasteiger charge is -2.42. The van der Waals surface area contributed by atoms with E-state index < -0.39 is 0 Å². The molecule has 1 saturated carbocycles. The van der Waals surface area contributed by atoms with Crippen molar-refractivity contribution in [3.05, 3.63) is 30.1 Å². The lowest BCUT2D eigenvalue weighted by molar-refractivity contribution is -0.116. The maximum atomic E-state index is 12.9. The minimum atomic E-state index is -0.343. The van der Waals surface area contributed by atoms with E-state index in [0.717, 1.165) is 19.3 Å². The second-order valence-corrected chi connectivity index (χ2v) is 4.90. The summed E-state index contributed by atoms with van der Waals surface area (Å²) in [7, 11) is 0. The SMILES string of the molecule is CCC1(NCC(=O)Nc2cccc(F)c2)CCC1. The normalized spacial score (nSPS) is 17.0. The van der Waals surface area contributed by atoms with Gasteiger partial charge in [-0.15, -0.1) is 0 Å². The number of hydrogen-bond acceptors (Lipinski definition) is 2. The van der Waals surface area contributed by atoms with Crippen LogP contribution in [0.25, 0.3) is 0 Å². The highest BCUT2D eigenvalue weighted by Gasteiger charge is 2.34. The first-order valence-corrected chi connectivity index (χ1v) is 6.44. The molecule has 0 atom stereocenters. The minimum absolute atomic E-state index is 0.125. The summed E-state index contributed by atoms with van der Waals surface area (Å²) in [6, 6.07) is 5.93. The molecular formula is C14H19FN2O. The third-order valence-electron chi connectivity index (χ3n) is 3.72. The third-order valence-corrected chi connectivity index (χ3v) is 3.72. The molecule has 4 heteroatoms. The number of anilines is 1. The van der Waals surface area contributed by atoms with Gasteiger partial charge >= 0.3 is 0 Å². The van der Waals surface area contributed by atoms with E-state index in [0.29, 0.717) is 5.69 Å². The molecule has 18 heavy (non-hydrogen) atoms. The average molecular weight is 250 g/mol. The predicted octanol–water partition coefficient (Wildman–Crippen LogP) is 2.69. The average Bonchev–Trinajstić information content (AvgIpc) is 2.28. The van der Waals surface area contributed by atoms with Crippen LogP contribution >= 0.6 is 0 Å². The van der Waals surface area contributed by atoms with Crippen LogP contribution in [0.3, 0.4) is 0 Å². The van der Waals surface area contributed by atoms with E-state index in [1.165, 1.54) is 18.6 Å². The molecule has 1 aliphatic carbocycles. The molecule has 1 amide bonds. The standard InChI is InChI=1S/C14H19FN2O/c1-2-14(7-4-8-14)16-10-13(18)17-12-6-3-5-11(15)9-12/h3,5-6,9,16H,2,4,7-8,10H2,1H3,(H,17,18). The molecule has 1 aromatic carbocycles. The van der Waals surface area contributed by atoms with Crippen molar-refractivity contribution in [2.24, 2.45) is 0 Å². The topological polar surface area (TPSA) is 41.1 Å². The van der Waals surface area contributed by atoms with Gasteiger partial charge in [-0.2, -0.15) is 0 Å². The fourth-order valence-corrected chi connectivity index (χ4v) is 2.30. The summed E-state index contributed by atoms with van der Waals surface area (Å²) in [5.74, 6) is -0.467. The van der Waals surface area contributed by atoms with E-state index in [1.54, 1.807) is 12.1 Å². The van der Waals surface area contributed by atoms with Crippen LogP contribution in [0.2, 0.25) is 0 Å². The van der Waals surface area contributed by atoms with Crippen LogP contribution in [0.4, 0.5) is 10.1 Å². The van der Waals surface area contributed by atoms with Crippen LogP contribution in [-0.2, 0) is 4.79 Å². The van der Waals surface area contributed by atoms with Gasteiger partial charge in [0.2, 0.25) is 5.91 Å². The van der Waals surface area contributed by atoms with Crippen molar-refractivity contribution in [1.82, 2.24) is 5.32 Å². The Hall–Kier alpha value is -1.42. The van der Waals surface area contributed by atoms with Crippen molar-refractivity contribution in [2.45, 2.75) is 38.1 Å². The first-order valence-electron chi connectivity index (χ1n) is 6.44. The van der Waals surface area contributed by atoms with Gasteiger partial charge in [0, 0.05) is 11.2 Å². The molecule has 3 nitrogen and oxygen atoms in total. The summed E-state index contributed by atoms with van der Waals surface area (Å²) >= 11 is 0. The van der Waals surface area contributed by atoms with Crippen molar-refractivity contribution < 1.29 is 9.18 Å². The maximum absolute atomic E-state index is 12.9. The van der Waals surface area contributed by atoms with Gasteiger partial charge in [0.1, 0.15) is 5.82 Å². The van der Waals surface area contributed by atoms with Crippen LogP contribution in [0, 0.1) is 5.82 Å². The lowest BCUT2D eigenvalue weighted by atomic mass is 9.75. The summed E-state index contributed by atoms with van der Waals surface area (Å²) in [6.07, 6.45) is 4.54. The van der Waals surface area contributed by atoms with Crippen LogP contribution < -0.4 is 10.6 Å². The smallest absolute Gasteiger partial charge is 0.238 e. The quantitative estimate of drug-likeness (QED) is 0.843. The zero-order valence-electron chi connectivity index (χ0n) is 10.6. The molecule has 0 aromatic heterocycles. The monoisotopic (exact) mass is 250 g/mol. The Morgan fingerprint density at radius 3 is 2.78 bits per heavy atom. The maximum Gasteiger partial charge on any atom is 0.238 e. The van der Waals surface area contributed by atoms with Crippen molar-refractivity contribution >= 4 is 11.6 Å². The summed E-state index contributed by atoms with van der Waals surface area (Å²) in [4.78, 5) is 11.7. The summed E-state index contributed by atoms with van der Waals surface area (Å²) < 4.78 is 12.9. The zero-order valence-corrected chi connectivity index (χ0v) is 10.6. The van der Waals surface area contributed by atoms with Gasteiger partial charge in [-0.1, -0.05) is 13.0 Å². The molecule has 0 bridgehead atoms. The second kappa shape index (κ2) is 5.48. The van der Waals surface area contributed by atoms with E-state index in [9.17, 15) is 9.18 Å². The third kappa shape index (κ3) is 3.07. The molecule has 0 heterocycles. The highest BCUT2D eigenvalue weighted by Crippen LogP contribution is 2.34. The number of benzene rings is 1. The van der Waals surface area contributed by atoms with Crippen molar-refractivity contribution in [2.75, 3.05) is 11.9 Å². The second-order valence-electron chi connectivity index (χ2n) is 4.90. The number of halogens is 1. The predicted molar refractivity (Wildman–Crippen MR) is 69.9 cm³/mol. The Morgan fingerprint density at radius 1 is 1.44 bits per heavy atom. The molecule has 1 aromatic rings.